The molecule has 2 aromatic carbocycles. The summed E-state index contributed by atoms with van der Waals surface area (Å²) in [4.78, 5) is 26.6. The Hall–Kier alpha value is -3.81. The van der Waals surface area contributed by atoms with E-state index in [0.29, 0.717) is 16.8 Å². The number of hydrogen-bond acceptors (Lipinski definition) is 6. The number of aromatic nitrogens is 1. The molecule has 0 radical (unpaired) electrons. The number of benzene rings is 2. The van der Waals surface area contributed by atoms with Gasteiger partial charge >= 0.3 is 0 Å². The summed E-state index contributed by atoms with van der Waals surface area (Å²) in [6.07, 6.45) is 2.27. The van der Waals surface area contributed by atoms with Crippen molar-refractivity contribution in [1.29, 1.82) is 0 Å². The van der Waals surface area contributed by atoms with Gasteiger partial charge in [-0.05, 0) is 36.8 Å². The number of nitro benzene ring substituents is 1. The van der Waals surface area contributed by atoms with Gasteiger partial charge in [-0.2, -0.15) is 5.10 Å². The van der Waals surface area contributed by atoms with Crippen molar-refractivity contribution < 1.29 is 14.5 Å². The van der Waals surface area contributed by atoms with Gasteiger partial charge in [0.1, 0.15) is 11.3 Å². The van der Waals surface area contributed by atoms with Crippen LogP contribution in [0.2, 0.25) is 0 Å². The average molecular weight is 364 g/mol. The second kappa shape index (κ2) is 8.05. The van der Waals surface area contributed by atoms with Crippen LogP contribution in [-0.2, 0) is 4.79 Å². The normalized spacial score (nSPS) is 12.0. The number of hydrazone groups is 1. The van der Waals surface area contributed by atoms with Gasteiger partial charge in [0.2, 0.25) is 0 Å². The number of carbonyl (C=O) groups excluding carboxylic acids is 1. The fraction of sp³-hybridized carbons (Fsp3) is 0.105. The number of ether oxygens (including phenoxy) is 1. The van der Waals surface area contributed by atoms with Gasteiger partial charge in [0.25, 0.3) is 11.6 Å². The molecule has 0 aliphatic carbocycles. The van der Waals surface area contributed by atoms with E-state index in [2.05, 4.69) is 15.5 Å². The highest BCUT2D eigenvalue weighted by molar-refractivity contribution is 5.86. The number of para-hydroxylation sites is 1. The summed E-state index contributed by atoms with van der Waals surface area (Å²) in [6.45, 7) is 1.61. The number of pyridine rings is 1. The Morgan fingerprint density at radius 2 is 1.96 bits per heavy atom. The zero-order valence-electron chi connectivity index (χ0n) is 14.4. The lowest BCUT2D eigenvalue weighted by molar-refractivity contribution is -0.384. The zero-order chi connectivity index (χ0) is 19.2. The van der Waals surface area contributed by atoms with E-state index < -0.39 is 16.9 Å². The van der Waals surface area contributed by atoms with Crippen molar-refractivity contribution in [1.82, 2.24) is 10.4 Å². The van der Waals surface area contributed by atoms with E-state index in [1.54, 1.807) is 19.2 Å². The zero-order valence-corrected chi connectivity index (χ0v) is 14.4. The maximum absolute atomic E-state index is 12.2. The molecular formula is C19H16N4O4. The highest BCUT2D eigenvalue weighted by Gasteiger charge is 2.15. The number of amides is 1. The lowest BCUT2D eigenvalue weighted by Gasteiger charge is -2.14. The summed E-state index contributed by atoms with van der Waals surface area (Å²) in [5, 5.41) is 15.4. The number of fused-ring (bicyclic) bond motifs is 1. The molecule has 0 aliphatic heterocycles. The Bertz CT molecular complexity index is 997. The van der Waals surface area contributed by atoms with Gasteiger partial charge in [0.15, 0.2) is 6.10 Å². The molecule has 1 amide bonds. The summed E-state index contributed by atoms with van der Waals surface area (Å²) < 4.78 is 5.71. The van der Waals surface area contributed by atoms with E-state index in [1.807, 2.05) is 24.3 Å². The molecule has 0 spiro atoms. The van der Waals surface area contributed by atoms with Gasteiger partial charge in [0.05, 0.1) is 11.1 Å². The van der Waals surface area contributed by atoms with Gasteiger partial charge in [-0.1, -0.05) is 18.2 Å². The highest BCUT2D eigenvalue weighted by atomic mass is 16.6. The number of nitro groups is 1. The molecule has 1 N–H and O–H groups in total. The quantitative estimate of drug-likeness (QED) is 0.411. The van der Waals surface area contributed by atoms with Crippen molar-refractivity contribution in [2.24, 2.45) is 5.10 Å². The predicted octanol–water partition coefficient (Wildman–Crippen LogP) is 3.06. The lowest BCUT2D eigenvalue weighted by atomic mass is 10.2. The molecule has 136 valence electrons. The monoisotopic (exact) mass is 364 g/mol. The molecule has 8 heteroatoms. The van der Waals surface area contributed by atoms with Crippen LogP contribution in [0.25, 0.3) is 10.9 Å². The number of carbonyl (C=O) groups is 1. The van der Waals surface area contributed by atoms with E-state index in [9.17, 15) is 14.9 Å². The van der Waals surface area contributed by atoms with Crippen LogP contribution in [0.4, 0.5) is 5.69 Å². The minimum absolute atomic E-state index is 0.0121. The first-order valence-corrected chi connectivity index (χ1v) is 8.12. The standard InChI is InChI=1S/C19H16N4O4/c1-13(27-17-6-2-4-15-5-3-11-20-18(15)17)19(24)22-21-12-14-7-9-16(10-8-14)23(25)26/h2-13H,1H3,(H,22,24)/b21-12+. The van der Waals surface area contributed by atoms with Crippen molar-refractivity contribution in [3.8, 4) is 5.75 Å². The van der Waals surface area contributed by atoms with Crippen molar-refractivity contribution in [3.05, 3.63) is 76.5 Å². The number of nitrogens with zero attached hydrogens (tertiary/aromatic N) is 3. The van der Waals surface area contributed by atoms with E-state index in [4.69, 9.17) is 4.74 Å². The Morgan fingerprint density at radius 3 is 2.70 bits per heavy atom. The Morgan fingerprint density at radius 1 is 1.22 bits per heavy atom. The van der Waals surface area contributed by atoms with E-state index in [1.165, 1.54) is 30.5 Å². The number of hydrogen-bond donors (Lipinski definition) is 1. The van der Waals surface area contributed by atoms with Crippen LogP contribution in [0.1, 0.15) is 12.5 Å². The predicted molar refractivity (Wildman–Crippen MR) is 101 cm³/mol. The van der Waals surface area contributed by atoms with Crippen LogP contribution in [-0.4, -0.2) is 28.1 Å². The fourth-order valence-corrected chi connectivity index (χ4v) is 2.36. The molecule has 27 heavy (non-hydrogen) atoms. The molecule has 3 aromatic rings. The van der Waals surface area contributed by atoms with Crippen LogP contribution < -0.4 is 10.2 Å². The summed E-state index contributed by atoms with van der Waals surface area (Å²) in [5.74, 6) is 0.0798. The largest absolute Gasteiger partial charge is 0.479 e. The van der Waals surface area contributed by atoms with Gasteiger partial charge < -0.3 is 4.74 Å². The van der Waals surface area contributed by atoms with Crippen LogP contribution in [0.5, 0.6) is 5.75 Å². The summed E-state index contributed by atoms with van der Waals surface area (Å²) >= 11 is 0. The van der Waals surface area contributed by atoms with Gasteiger partial charge in [-0.25, -0.2) is 5.43 Å². The van der Waals surface area contributed by atoms with Crippen LogP contribution >= 0.6 is 0 Å². The molecule has 0 fully saturated rings. The maximum atomic E-state index is 12.2. The molecule has 1 aromatic heterocycles. The number of non-ortho nitro benzene ring substituents is 1. The fourth-order valence-electron chi connectivity index (χ4n) is 2.36. The third-order valence-electron chi connectivity index (χ3n) is 3.76. The molecule has 1 unspecified atom stereocenters. The van der Waals surface area contributed by atoms with E-state index in [0.717, 1.165) is 5.39 Å². The van der Waals surface area contributed by atoms with Crippen molar-refractivity contribution in [3.63, 3.8) is 0 Å². The topological polar surface area (TPSA) is 107 Å². The first-order valence-electron chi connectivity index (χ1n) is 8.12. The first-order chi connectivity index (χ1) is 13.0. The van der Waals surface area contributed by atoms with Crippen LogP contribution in [0.3, 0.4) is 0 Å². The minimum atomic E-state index is -0.786. The maximum Gasteiger partial charge on any atom is 0.280 e. The average Bonchev–Trinajstić information content (AvgIpc) is 2.68. The molecule has 1 atom stereocenters. The Balaban J connectivity index is 1.61. The van der Waals surface area contributed by atoms with E-state index in [-0.39, 0.29) is 5.69 Å². The second-order valence-electron chi connectivity index (χ2n) is 5.67. The minimum Gasteiger partial charge on any atom is -0.479 e. The molecule has 0 aliphatic rings. The third-order valence-corrected chi connectivity index (χ3v) is 3.76. The molecule has 3 rings (SSSR count). The third kappa shape index (κ3) is 4.43. The summed E-state index contributed by atoms with van der Waals surface area (Å²) in [7, 11) is 0. The first kappa shape index (κ1) is 18.0. The summed E-state index contributed by atoms with van der Waals surface area (Å²) in [6, 6.07) is 15.0. The molecule has 0 bridgehead atoms. The molecule has 0 saturated carbocycles. The second-order valence-corrected chi connectivity index (χ2v) is 5.67. The van der Waals surface area contributed by atoms with Gasteiger partial charge in [-0.3, -0.25) is 19.9 Å². The van der Waals surface area contributed by atoms with Crippen LogP contribution in [0, 0.1) is 10.1 Å². The van der Waals surface area contributed by atoms with E-state index >= 15 is 0 Å². The van der Waals surface area contributed by atoms with Crippen molar-refractivity contribution in [2.75, 3.05) is 0 Å². The SMILES string of the molecule is CC(Oc1cccc2cccnc12)C(=O)N/N=C/c1ccc([N+](=O)[O-])cc1. The molecule has 8 nitrogen and oxygen atoms in total. The Kier molecular flexibility index (Phi) is 5.36. The molecule has 0 saturated heterocycles. The van der Waals surface area contributed by atoms with Crippen molar-refractivity contribution >= 4 is 28.7 Å². The van der Waals surface area contributed by atoms with Gasteiger partial charge in [0, 0.05) is 23.7 Å². The molecule has 1 heterocycles. The summed E-state index contributed by atoms with van der Waals surface area (Å²) in [5.41, 5.74) is 3.67. The number of rotatable bonds is 6. The highest BCUT2D eigenvalue weighted by Crippen LogP contribution is 2.23. The molecular weight excluding hydrogens is 348 g/mol. The van der Waals surface area contributed by atoms with Gasteiger partial charge in [-0.15, -0.1) is 0 Å². The van der Waals surface area contributed by atoms with Crippen molar-refractivity contribution in [2.45, 2.75) is 13.0 Å². The Labute approximate surface area is 154 Å². The number of nitrogens with one attached hydrogen (secondary N) is 1. The lowest BCUT2D eigenvalue weighted by Crippen LogP contribution is -2.33. The smallest absolute Gasteiger partial charge is 0.280 e. The van der Waals surface area contributed by atoms with Crippen LogP contribution in [0.15, 0.2) is 65.9 Å².